The average Bonchev–Trinajstić information content (AvgIpc) is 3.12. The Bertz CT molecular complexity index is 754. The van der Waals surface area contributed by atoms with Gasteiger partial charge in [-0.05, 0) is 12.1 Å². The van der Waals surface area contributed by atoms with Gasteiger partial charge in [-0.15, -0.1) is 12.3 Å². The largest absolute Gasteiger partial charge is 0.351 e. The molecule has 3 heterocycles. The summed E-state index contributed by atoms with van der Waals surface area (Å²) in [6, 6.07) is 5.15. The molecule has 0 unspecified atom stereocenters. The van der Waals surface area contributed by atoms with Crippen LogP contribution in [0.3, 0.4) is 0 Å². The number of carbonyl (C=O) groups excluding carboxylic acids is 1. The first-order chi connectivity index (χ1) is 11.2. The fraction of sp³-hybridized carbons (Fsp3) is 0.333. The van der Waals surface area contributed by atoms with E-state index in [1.54, 1.807) is 18.2 Å². The Labute approximate surface area is 133 Å². The van der Waals surface area contributed by atoms with Crippen LogP contribution in [-0.2, 0) is 0 Å². The Hall–Kier alpha value is -3.08. The quantitative estimate of drug-likeness (QED) is 0.781. The van der Waals surface area contributed by atoms with E-state index in [0.717, 1.165) is 6.42 Å². The maximum absolute atomic E-state index is 12.2. The number of rotatable bonds is 7. The lowest BCUT2D eigenvalue weighted by atomic mass is 10.0. The van der Waals surface area contributed by atoms with E-state index in [0.29, 0.717) is 30.9 Å². The molecule has 0 saturated carbocycles. The number of hydrogen-bond donors (Lipinski definition) is 1. The number of carbonyl (C=O) groups is 1. The van der Waals surface area contributed by atoms with Crippen LogP contribution in [0.25, 0.3) is 5.82 Å². The van der Waals surface area contributed by atoms with Crippen molar-refractivity contribution < 1.29 is 4.79 Å². The van der Waals surface area contributed by atoms with Crippen molar-refractivity contribution in [2.45, 2.75) is 24.9 Å². The third kappa shape index (κ3) is 3.58. The third-order valence-electron chi connectivity index (χ3n) is 3.48. The standard InChI is InChI=1S/C15H15N7O/c1-2-3-7-15(20-21-15)8-9-17-14(23)12-5-4-6-13(19-12)22-11-16-10-18-22/h1,4-6,10-11H,3,7-9H2,(H,17,23). The number of nitrogens with one attached hydrogen (secondary N) is 1. The number of aromatic nitrogens is 4. The molecule has 0 fully saturated rings. The molecule has 1 amide bonds. The molecular weight excluding hydrogens is 294 g/mol. The van der Waals surface area contributed by atoms with Gasteiger partial charge in [-0.1, -0.05) is 6.07 Å². The Morgan fingerprint density at radius 1 is 1.35 bits per heavy atom. The molecule has 1 aliphatic heterocycles. The second kappa shape index (κ2) is 6.36. The first-order valence-electron chi connectivity index (χ1n) is 7.20. The zero-order valence-corrected chi connectivity index (χ0v) is 12.4. The molecule has 0 atom stereocenters. The van der Waals surface area contributed by atoms with Gasteiger partial charge in [-0.3, -0.25) is 4.79 Å². The molecule has 8 heteroatoms. The van der Waals surface area contributed by atoms with Crippen molar-refractivity contribution in [1.29, 1.82) is 0 Å². The van der Waals surface area contributed by atoms with Crippen LogP contribution < -0.4 is 5.32 Å². The van der Waals surface area contributed by atoms with Crippen molar-refractivity contribution in [3.63, 3.8) is 0 Å². The van der Waals surface area contributed by atoms with Crippen LogP contribution in [0, 0.1) is 12.3 Å². The van der Waals surface area contributed by atoms with Crippen molar-refractivity contribution in [2.24, 2.45) is 10.2 Å². The van der Waals surface area contributed by atoms with Gasteiger partial charge in [0.2, 0.25) is 0 Å². The lowest BCUT2D eigenvalue weighted by molar-refractivity contribution is 0.0947. The molecule has 8 nitrogen and oxygen atoms in total. The molecule has 2 aromatic rings. The second-order valence-corrected chi connectivity index (χ2v) is 5.11. The van der Waals surface area contributed by atoms with Gasteiger partial charge in [0.05, 0.1) is 0 Å². The summed E-state index contributed by atoms with van der Waals surface area (Å²) < 4.78 is 1.49. The van der Waals surface area contributed by atoms with Gasteiger partial charge in [-0.25, -0.2) is 14.6 Å². The highest BCUT2D eigenvalue weighted by atomic mass is 16.1. The SMILES string of the molecule is C#CCCC1(CCNC(=O)c2cccc(-n3cncn3)n2)N=N1. The lowest BCUT2D eigenvalue weighted by Crippen LogP contribution is -2.29. The van der Waals surface area contributed by atoms with Crippen molar-refractivity contribution >= 4 is 5.91 Å². The molecule has 116 valence electrons. The highest BCUT2D eigenvalue weighted by molar-refractivity contribution is 5.92. The van der Waals surface area contributed by atoms with Gasteiger partial charge in [0.15, 0.2) is 11.5 Å². The topological polar surface area (TPSA) is 97.4 Å². The highest BCUT2D eigenvalue weighted by Crippen LogP contribution is 2.35. The number of hydrogen-bond acceptors (Lipinski definition) is 6. The van der Waals surface area contributed by atoms with Crippen LogP contribution in [0.1, 0.15) is 29.8 Å². The van der Waals surface area contributed by atoms with Crippen molar-refractivity contribution in [1.82, 2.24) is 25.1 Å². The summed E-state index contributed by atoms with van der Waals surface area (Å²) in [6.45, 7) is 0.464. The predicted molar refractivity (Wildman–Crippen MR) is 81.8 cm³/mol. The fourth-order valence-electron chi connectivity index (χ4n) is 2.14. The molecule has 0 spiro atoms. The van der Waals surface area contributed by atoms with Crippen LogP contribution in [-0.4, -0.2) is 37.9 Å². The summed E-state index contributed by atoms with van der Waals surface area (Å²) in [5, 5.41) is 14.9. The number of nitrogens with zero attached hydrogens (tertiary/aromatic N) is 6. The molecule has 1 N–H and O–H groups in total. The number of terminal acetylenes is 1. The Morgan fingerprint density at radius 2 is 2.22 bits per heavy atom. The van der Waals surface area contributed by atoms with Gasteiger partial charge >= 0.3 is 0 Å². The first kappa shape index (κ1) is 14.8. The van der Waals surface area contributed by atoms with Crippen LogP contribution >= 0.6 is 0 Å². The van der Waals surface area contributed by atoms with Crippen LogP contribution in [0.2, 0.25) is 0 Å². The van der Waals surface area contributed by atoms with E-state index >= 15 is 0 Å². The third-order valence-corrected chi connectivity index (χ3v) is 3.48. The summed E-state index contributed by atoms with van der Waals surface area (Å²) in [7, 11) is 0. The van der Waals surface area contributed by atoms with E-state index in [1.165, 1.54) is 17.3 Å². The normalized spacial score (nSPS) is 14.2. The molecule has 0 radical (unpaired) electrons. The molecule has 0 aliphatic carbocycles. The lowest BCUT2D eigenvalue weighted by Gasteiger charge is -2.10. The van der Waals surface area contributed by atoms with Crippen molar-refractivity contribution in [3.05, 3.63) is 36.5 Å². The molecule has 2 aromatic heterocycles. The number of amides is 1. The molecule has 3 rings (SSSR count). The molecule has 0 bridgehead atoms. The van der Waals surface area contributed by atoms with E-state index in [9.17, 15) is 4.79 Å². The summed E-state index contributed by atoms with van der Waals surface area (Å²) in [5.74, 6) is 2.86. The van der Waals surface area contributed by atoms with Crippen molar-refractivity contribution in [2.75, 3.05) is 6.54 Å². The van der Waals surface area contributed by atoms with E-state index in [-0.39, 0.29) is 5.91 Å². The molecule has 1 aliphatic rings. The summed E-state index contributed by atoms with van der Waals surface area (Å²) in [6.07, 6.45) is 10.2. The van der Waals surface area contributed by atoms with Crippen LogP contribution in [0.4, 0.5) is 0 Å². The van der Waals surface area contributed by atoms with Crippen molar-refractivity contribution in [3.8, 4) is 18.2 Å². The van der Waals surface area contributed by atoms with Gasteiger partial charge in [0.1, 0.15) is 18.3 Å². The minimum Gasteiger partial charge on any atom is -0.351 e. The predicted octanol–water partition coefficient (Wildman–Crippen LogP) is 1.36. The number of pyridine rings is 1. The molecule has 0 saturated heterocycles. The molecule has 0 aromatic carbocycles. The summed E-state index contributed by atoms with van der Waals surface area (Å²) in [5.41, 5.74) is -0.0734. The summed E-state index contributed by atoms with van der Waals surface area (Å²) in [4.78, 5) is 20.3. The highest BCUT2D eigenvalue weighted by Gasteiger charge is 2.38. The molecule has 23 heavy (non-hydrogen) atoms. The van der Waals surface area contributed by atoms with E-state index in [4.69, 9.17) is 6.42 Å². The van der Waals surface area contributed by atoms with Gasteiger partial charge in [-0.2, -0.15) is 15.3 Å². The van der Waals surface area contributed by atoms with Gasteiger partial charge in [0.25, 0.3) is 5.91 Å². The maximum atomic E-state index is 12.2. The second-order valence-electron chi connectivity index (χ2n) is 5.11. The Balaban J connectivity index is 1.55. The van der Waals surface area contributed by atoms with E-state index in [1.807, 2.05) is 0 Å². The zero-order valence-electron chi connectivity index (χ0n) is 12.4. The van der Waals surface area contributed by atoms with Crippen LogP contribution in [0.5, 0.6) is 0 Å². The Kier molecular flexibility index (Phi) is 4.10. The smallest absolute Gasteiger partial charge is 0.269 e. The zero-order chi connectivity index (χ0) is 16.1. The maximum Gasteiger partial charge on any atom is 0.269 e. The molecular formula is C15H15N7O. The van der Waals surface area contributed by atoms with Gasteiger partial charge < -0.3 is 5.32 Å². The minimum atomic E-state index is -0.393. The average molecular weight is 309 g/mol. The van der Waals surface area contributed by atoms with Crippen LogP contribution in [0.15, 0.2) is 41.1 Å². The van der Waals surface area contributed by atoms with Gasteiger partial charge in [0, 0.05) is 25.8 Å². The first-order valence-corrected chi connectivity index (χ1v) is 7.20. The fourth-order valence-corrected chi connectivity index (χ4v) is 2.14. The van der Waals surface area contributed by atoms with E-state index < -0.39 is 5.66 Å². The monoisotopic (exact) mass is 309 g/mol. The van der Waals surface area contributed by atoms with E-state index in [2.05, 4.69) is 36.5 Å². The Morgan fingerprint density at radius 3 is 2.91 bits per heavy atom. The minimum absolute atomic E-state index is 0.250. The summed E-state index contributed by atoms with van der Waals surface area (Å²) >= 11 is 0.